The fourth-order valence-corrected chi connectivity index (χ4v) is 2.27. The van der Waals surface area contributed by atoms with Crippen molar-refractivity contribution in [2.45, 2.75) is 46.1 Å². The Morgan fingerprint density at radius 3 is 1.79 bits per heavy atom. The van der Waals surface area contributed by atoms with Crippen molar-refractivity contribution in [1.29, 1.82) is 0 Å². The van der Waals surface area contributed by atoms with E-state index in [-0.39, 0.29) is 29.5 Å². The molecule has 0 spiro atoms. The molecule has 0 N–H and O–H groups in total. The zero-order valence-electron chi connectivity index (χ0n) is 14.2. The van der Waals surface area contributed by atoms with Crippen LogP contribution in [0.5, 0.6) is 0 Å². The molecule has 0 unspecified atom stereocenters. The molecule has 0 fully saturated rings. The molecule has 2 rings (SSSR count). The second-order valence-corrected chi connectivity index (χ2v) is 5.54. The Morgan fingerprint density at radius 1 is 0.833 bits per heavy atom. The molecule has 24 heavy (non-hydrogen) atoms. The van der Waals surface area contributed by atoms with E-state index < -0.39 is 0 Å². The molecule has 0 radical (unpaired) electrons. The molecule has 1 aliphatic rings. The van der Waals surface area contributed by atoms with Gasteiger partial charge in [-0.3, -0.25) is 14.5 Å². The molecule has 3 heteroatoms. The molecule has 0 aliphatic carbocycles. The number of benzene rings is 1. The molecular formula is C21H21NO2. The number of carbonyl (C=O) groups is 2. The highest BCUT2D eigenvalue weighted by Crippen LogP contribution is 2.22. The fourth-order valence-electron chi connectivity index (χ4n) is 2.27. The molecule has 0 saturated carbocycles. The number of hydrogen-bond acceptors (Lipinski definition) is 2. The Kier molecular flexibility index (Phi) is 6.41. The fraction of sp³-hybridized carbons (Fsp3) is 0.333. The van der Waals surface area contributed by atoms with Crippen LogP contribution in [0.4, 0.5) is 0 Å². The van der Waals surface area contributed by atoms with E-state index in [1.54, 1.807) is 0 Å². The predicted molar refractivity (Wildman–Crippen MR) is 94.4 cm³/mol. The average molecular weight is 319 g/mol. The van der Waals surface area contributed by atoms with Gasteiger partial charge in [-0.15, -0.1) is 0 Å². The lowest BCUT2D eigenvalue weighted by Gasteiger charge is -2.14. The van der Waals surface area contributed by atoms with Gasteiger partial charge in [-0.25, -0.2) is 0 Å². The molecule has 1 aromatic rings. The lowest BCUT2D eigenvalue weighted by atomic mass is 10.1. The van der Waals surface area contributed by atoms with Crippen LogP contribution in [0.3, 0.4) is 0 Å². The van der Waals surface area contributed by atoms with E-state index in [2.05, 4.69) is 23.7 Å². The summed E-state index contributed by atoms with van der Waals surface area (Å²) in [5.74, 6) is 11.0. The van der Waals surface area contributed by atoms with Gasteiger partial charge in [-0.05, 0) is 18.4 Å². The first-order valence-corrected chi connectivity index (χ1v) is 8.31. The van der Waals surface area contributed by atoms with Crippen LogP contribution in [0.1, 0.15) is 45.1 Å². The number of carbonyl (C=O) groups excluding carboxylic acids is 2. The van der Waals surface area contributed by atoms with Crippen LogP contribution >= 0.6 is 0 Å². The average Bonchev–Trinajstić information content (AvgIpc) is 2.81. The minimum Gasteiger partial charge on any atom is -0.269 e. The number of amides is 2. The van der Waals surface area contributed by atoms with Crippen molar-refractivity contribution in [3.8, 4) is 23.7 Å². The summed E-state index contributed by atoms with van der Waals surface area (Å²) in [7, 11) is 0. The van der Waals surface area contributed by atoms with E-state index in [1.807, 2.05) is 44.2 Å². The summed E-state index contributed by atoms with van der Waals surface area (Å²) in [5.41, 5.74) is 1.39. The monoisotopic (exact) mass is 319 g/mol. The summed E-state index contributed by atoms with van der Waals surface area (Å²) in [6.45, 7) is 4.29. The number of imide groups is 1. The summed E-state index contributed by atoms with van der Waals surface area (Å²) in [6, 6.07) is 9.46. The van der Waals surface area contributed by atoms with Crippen LogP contribution < -0.4 is 0 Å². The van der Waals surface area contributed by atoms with E-state index in [9.17, 15) is 9.59 Å². The van der Waals surface area contributed by atoms with Crippen LogP contribution in [0.15, 0.2) is 41.5 Å². The Bertz CT molecular complexity index is 721. The third-order valence-corrected chi connectivity index (χ3v) is 3.53. The number of hydrogen-bond donors (Lipinski definition) is 0. The maximum absolute atomic E-state index is 12.6. The van der Waals surface area contributed by atoms with Crippen LogP contribution in [-0.2, 0) is 16.1 Å². The van der Waals surface area contributed by atoms with E-state index in [0.717, 1.165) is 18.4 Å². The van der Waals surface area contributed by atoms with Crippen molar-refractivity contribution in [2.24, 2.45) is 0 Å². The quantitative estimate of drug-likeness (QED) is 0.629. The zero-order chi connectivity index (χ0) is 17.4. The minimum atomic E-state index is -0.340. The van der Waals surface area contributed by atoms with Crippen molar-refractivity contribution in [2.75, 3.05) is 0 Å². The van der Waals surface area contributed by atoms with Gasteiger partial charge >= 0.3 is 0 Å². The van der Waals surface area contributed by atoms with Gasteiger partial charge in [-0.2, -0.15) is 0 Å². The molecule has 1 aromatic carbocycles. The second-order valence-electron chi connectivity index (χ2n) is 5.54. The van der Waals surface area contributed by atoms with Gasteiger partial charge < -0.3 is 0 Å². The standard InChI is InChI=1S/C21H21NO2/c1-3-5-8-14-18-19(15-9-6-4-2)21(24)22(20(18)23)16-17-12-10-7-11-13-17/h7,10-13H,3-6,16H2,1-2H3. The highest BCUT2D eigenvalue weighted by molar-refractivity contribution is 6.23. The predicted octanol–water partition coefficient (Wildman–Crippen LogP) is 3.46. The summed E-state index contributed by atoms with van der Waals surface area (Å²) in [6.07, 6.45) is 3.21. The van der Waals surface area contributed by atoms with Gasteiger partial charge in [0.2, 0.25) is 0 Å². The van der Waals surface area contributed by atoms with E-state index in [1.165, 1.54) is 4.90 Å². The van der Waals surface area contributed by atoms with Crippen molar-refractivity contribution in [3.63, 3.8) is 0 Å². The maximum atomic E-state index is 12.6. The zero-order valence-corrected chi connectivity index (χ0v) is 14.2. The summed E-state index contributed by atoms with van der Waals surface area (Å²) in [5, 5.41) is 0. The normalized spacial score (nSPS) is 13.5. The topological polar surface area (TPSA) is 37.4 Å². The molecular weight excluding hydrogens is 298 g/mol. The van der Waals surface area contributed by atoms with Gasteiger partial charge in [-0.1, -0.05) is 67.9 Å². The number of rotatable bonds is 4. The lowest BCUT2D eigenvalue weighted by molar-refractivity contribution is -0.137. The smallest absolute Gasteiger partial charge is 0.269 e. The van der Waals surface area contributed by atoms with Gasteiger partial charge in [0.15, 0.2) is 0 Å². The van der Waals surface area contributed by atoms with Crippen molar-refractivity contribution < 1.29 is 9.59 Å². The lowest BCUT2D eigenvalue weighted by Crippen LogP contribution is -2.31. The van der Waals surface area contributed by atoms with Crippen molar-refractivity contribution >= 4 is 11.8 Å². The number of unbranched alkanes of at least 4 members (excludes halogenated alkanes) is 2. The van der Waals surface area contributed by atoms with Crippen molar-refractivity contribution in [3.05, 3.63) is 47.0 Å². The molecule has 0 bridgehead atoms. The molecule has 0 aromatic heterocycles. The summed E-state index contributed by atoms with van der Waals surface area (Å²) >= 11 is 0. The maximum Gasteiger partial charge on any atom is 0.271 e. The first-order valence-electron chi connectivity index (χ1n) is 8.31. The Morgan fingerprint density at radius 2 is 1.33 bits per heavy atom. The first-order chi connectivity index (χ1) is 11.7. The SMILES string of the molecule is CCCC#CC1=C(C#CCCC)C(=O)N(Cc2ccccc2)C1=O. The molecule has 1 heterocycles. The molecule has 122 valence electrons. The molecule has 0 atom stereocenters. The summed E-state index contributed by atoms with van der Waals surface area (Å²) in [4.78, 5) is 26.5. The third kappa shape index (κ3) is 4.15. The second kappa shape index (κ2) is 8.75. The van der Waals surface area contributed by atoms with Gasteiger partial charge in [0.05, 0.1) is 6.54 Å². The highest BCUT2D eigenvalue weighted by atomic mass is 16.2. The minimum absolute atomic E-state index is 0.244. The Labute approximate surface area is 143 Å². The Hall–Kier alpha value is -2.78. The molecule has 0 saturated heterocycles. The first kappa shape index (κ1) is 17.6. The largest absolute Gasteiger partial charge is 0.271 e. The highest BCUT2D eigenvalue weighted by Gasteiger charge is 2.36. The van der Waals surface area contributed by atoms with Crippen LogP contribution in [0, 0.1) is 23.7 Å². The summed E-state index contributed by atoms with van der Waals surface area (Å²) < 4.78 is 0. The van der Waals surface area contributed by atoms with E-state index >= 15 is 0 Å². The number of nitrogens with zero attached hydrogens (tertiary/aromatic N) is 1. The van der Waals surface area contributed by atoms with E-state index in [4.69, 9.17) is 0 Å². The van der Waals surface area contributed by atoms with Crippen LogP contribution in [0.2, 0.25) is 0 Å². The van der Waals surface area contributed by atoms with E-state index in [0.29, 0.717) is 12.8 Å². The van der Waals surface area contributed by atoms with Gasteiger partial charge in [0, 0.05) is 12.8 Å². The van der Waals surface area contributed by atoms with Crippen LogP contribution in [0.25, 0.3) is 0 Å². The van der Waals surface area contributed by atoms with Crippen molar-refractivity contribution in [1.82, 2.24) is 4.90 Å². The Balaban J connectivity index is 2.31. The van der Waals surface area contributed by atoms with Crippen LogP contribution in [-0.4, -0.2) is 16.7 Å². The third-order valence-electron chi connectivity index (χ3n) is 3.53. The molecule has 1 aliphatic heterocycles. The molecule has 3 nitrogen and oxygen atoms in total. The van der Waals surface area contributed by atoms with Gasteiger partial charge in [0.1, 0.15) is 11.1 Å². The van der Waals surface area contributed by atoms with Gasteiger partial charge in [0.25, 0.3) is 11.8 Å². The molecule has 2 amide bonds.